The normalized spacial score (nSPS) is 12.2. The van der Waals surface area contributed by atoms with Gasteiger partial charge in [-0.25, -0.2) is 9.59 Å². The molecule has 0 radical (unpaired) electrons. The van der Waals surface area contributed by atoms with Gasteiger partial charge in [0.15, 0.2) is 5.75 Å². The Balaban J connectivity index is 2.20. The van der Waals surface area contributed by atoms with Crippen LogP contribution in [0.25, 0.3) is 0 Å². The minimum atomic E-state index is -0.997. The Morgan fingerprint density at radius 1 is 1.00 bits per heavy atom. The fourth-order valence-electron chi connectivity index (χ4n) is 2.25. The van der Waals surface area contributed by atoms with Gasteiger partial charge >= 0.3 is 12.1 Å². The van der Waals surface area contributed by atoms with Crippen LogP contribution in [0.4, 0.5) is 4.79 Å². The Hall–Kier alpha value is -1.95. The van der Waals surface area contributed by atoms with Crippen LogP contribution >= 0.6 is 34.8 Å². The van der Waals surface area contributed by atoms with Crippen LogP contribution in [0.2, 0.25) is 15.1 Å². The molecule has 0 aliphatic heterocycles. The number of benzene rings is 2. The van der Waals surface area contributed by atoms with Crippen LogP contribution in [0.15, 0.2) is 42.5 Å². The Morgan fingerprint density at radius 3 is 2.21 bits per heavy atom. The molecule has 1 atom stereocenters. The average molecular weight is 445 g/mol. The lowest BCUT2D eigenvalue weighted by Crippen LogP contribution is -2.46. The second-order valence-electron chi connectivity index (χ2n) is 7.01. The highest BCUT2D eigenvalue weighted by Gasteiger charge is 2.27. The van der Waals surface area contributed by atoms with E-state index in [1.165, 1.54) is 12.1 Å². The van der Waals surface area contributed by atoms with E-state index >= 15 is 0 Å². The summed E-state index contributed by atoms with van der Waals surface area (Å²) < 4.78 is 10.6. The van der Waals surface area contributed by atoms with Gasteiger partial charge in [-0.2, -0.15) is 0 Å². The summed E-state index contributed by atoms with van der Waals surface area (Å²) in [4.78, 5) is 24.9. The van der Waals surface area contributed by atoms with Crippen molar-refractivity contribution in [3.8, 4) is 5.75 Å². The largest absolute Gasteiger partial charge is 0.444 e. The van der Waals surface area contributed by atoms with E-state index in [2.05, 4.69) is 5.32 Å². The summed E-state index contributed by atoms with van der Waals surface area (Å²) in [5.41, 5.74) is 0.124. The molecule has 0 bridgehead atoms. The van der Waals surface area contributed by atoms with Gasteiger partial charge in [-0.3, -0.25) is 0 Å². The Bertz CT molecular complexity index is 851. The fourth-order valence-corrected chi connectivity index (χ4v) is 2.83. The van der Waals surface area contributed by atoms with Crippen LogP contribution in [0.5, 0.6) is 5.75 Å². The molecule has 0 spiro atoms. The SMILES string of the molecule is CC(C)(C)OC(=O)N[C@@H](Cc1ccccc1)C(=O)Oc1cc(Cl)c(Cl)cc1Cl. The van der Waals surface area contributed by atoms with Crippen LogP contribution in [-0.2, 0) is 16.0 Å². The molecule has 2 aromatic rings. The first-order chi connectivity index (χ1) is 13.0. The number of hydrogen-bond donors (Lipinski definition) is 1. The number of carbonyl (C=O) groups excluding carboxylic acids is 2. The van der Waals surface area contributed by atoms with Gasteiger partial charge < -0.3 is 14.8 Å². The maximum absolute atomic E-state index is 12.7. The molecule has 0 unspecified atom stereocenters. The van der Waals surface area contributed by atoms with Gasteiger partial charge in [0.25, 0.3) is 0 Å². The zero-order chi connectivity index (χ0) is 20.9. The lowest BCUT2D eigenvalue weighted by Gasteiger charge is -2.23. The monoisotopic (exact) mass is 443 g/mol. The highest BCUT2D eigenvalue weighted by Crippen LogP contribution is 2.34. The smallest absolute Gasteiger partial charge is 0.408 e. The first kappa shape index (κ1) is 22.3. The summed E-state index contributed by atoms with van der Waals surface area (Å²) >= 11 is 17.9. The van der Waals surface area contributed by atoms with E-state index < -0.39 is 23.7 Å². The number of carbonyl (C=O) groups is 2. The minimum Gasteiger partial charge on any atom is -0.444 e. The summed E-state index contributed by atoms with van der Waals surface area (Å²) in [5.74, 6) is -0.667. The van der Waals surface area contributed by atoms with Crippen LogP contribution < -0.4 is 10.1 Å². The molecule has 0 aromatic heterocycles. The second-order valence-corrected chi connectivity index (χ2v) is 8.23. The van der Waals surface area contributed by atoms with Crippen molar-refractivity contribution in [3.63, 3.8) is 0 Å². The third-order valence-electron chi connectivity index (χ3n) is 3.44. The maximum Gasteiger partial charge on any atom is 0.408 e. The van der Waals surface area contributed by atoms with Crippen molar-refractivity contribution in [1.29, 1.82) is 0 Å². The number of hydrogen-bond acceptors (Lipinski definition) is 4. The van der Waals surface area contributed by atoms with E-state index in [0.29, 0.717) is 0 Å². The van der Waals surface area contributed by atoms with Crippen molar-refractivity contribution in [3.05, 3.63) is 63.1 Å². The number of ether oxygens (including phenoxy) is 2. The first-order valence-corrected chi connectivity index (χ1v) is 9.58. The van der Waals surface area contributed by atoms with Gasteiger partial charge in [0, 0.05) is 12.5 Å². The summed E-state index contributed by atoms with van der Waals surface area (Å²) in [6.45, 7) is 5.19. The molecule has 5 nitrogen and oxygen atoms in total. The van der Waals surface area contributed by atoms with Gasteiger partial charge in [0.05, 0.1) is 15.1 Å². The Labute approximate surface area is 178 Å². The minimum absolute atomic E-state index is 0.0464. The predicted molar refractivity (Wildman–Crippen MR) is 110 cm³/mol. The highest BCUT2D eigenvalue weighted by atomic mass is 35.5. The molecule has 1 N–H and O–H groups in total. The van der Waals surface area contributed by atoms with E-state index in [4.69, 9.17) is 44.3 Å². The van der Waals surface area contributed by atoms with Crippen molar-refractivity contribution in [2.45, 2.75) is 38.8 Å². The number of amides is 1. The molecule has 0 saturated heterocycles. The third kappa shape index (κ3) is 6.89. The summed E-state index contributed by atoms with van der Waals surface area (Å²) in [5, 5.41) is 3.10. The first-order valence-electron chi connectivity index (χ1n) is 8.45. The second kappa shape index (κ2) is 9.50. The molecule has 150 valence electrons. The summed E-state index contributed by atoms with van der Waals surface area (Å²) in [6.07, 6.45) is -0.525. The Morgan fingerprint density at radius 2 is 1.61 bits per heavy atom. The van der Waals surface area contributed by atoms with E-state index in [-0.39, 0.29) is 27.2 Å². The topological polar surface area (TPSA) is 64.6 Å². The van der Waals surface area contributed by atoms with Gasteiger partial charge in [-0.1, -0.05) is 65.1 Å². The molecule has 0 aliphatic carbocycles. The number of alkyl carbamates (subject to hydrolysis) is 1. The molecule has 8 heteroatoms. The van der Waals surface area contributed by atoms with Gasteiger partial charge in [0.2, 0.25) is 0 Å². The summed E-state index contributed by atoms with van der Waals surface area (Å²) in [7, 11) is 0. The molecule has 28 heavy (non-hydrogen) atoms. The highest BCUT2D eigenvalue weighted by molar-refractivity contribution is 6.43. The number of rotatable bonds is 5. The zero-order valence-corrected chi connectivity index (χ0v) is 17.9. The molecular formula is C20H20Cl3NO4. The van der Waals surface area contributed by atoms with Crippen LogP contribution in [0.3, 0.4) is 0 Å². The molecule has 0 fully saturated rings. The molecular weight excluding hydrogens is 425 g/mol. The van der Waals surface area contributed by atoms with Crippen molar-refractivity contribution in [2.24, 2.45) is 0 Å². The zero-order valence-electron chi connectivity index (χ0n) is 15.6. The van der Waals surface area contributed by atoms with Crippen molar-refractivity contribution in [2.75, 3.05) is 0 Å². The van der Waals surface area contributed by atoms with Crippen LogP contribution in [0.1, 0.15) is 26.3 Å². The average Bonchev–Trinajstić information content (AvgIpc) is 2.58. The van der Waals surface area contributed by atoms with Crippen molar-refractivity contribution >= 4 is 46.9 Å². The number of esters is 1. The fraction of sp³-hybridized carbons (Fsp3) is 0.300. The molecule has 0 heterocycles. The van der Waals surface area contributed by atoms with Crippen LogP contribution in [-0.4, -0.2) is 23.7 Å². The number of nitrogens with one attached hydrogen (secondary N) is 1. The van der Waals surface area contributed by atoms with E-state index in [0.717, 1.165) is 5.56 Å². The lowest BCUT2D eigenvalue weighted by molar-refractivity contribution is -0.136. The van der Waals surface area contributed by atoms with Crippen molar-refractivity contribution in [1.82, 2.24) is 5.32 Å². The quantitative estimate of drug-likeness (QED) is 0.365. The Kier molecular flexibility index (Phi) is 7.58. The van der Waals surface area contributed by atoms with E-state index in [9.17, 15) is 9.59 Å². The molecule has 1 amide bonds. The van der Waals surface area contributed by atoms with Gasteiger partial charge in [0.1, 0.15) is 11.6 Å². The van der Waals surface area contributed by atoms with E-state index in [1.54, 1.807) is 20.8 Å². The standard InChI is InChI=1S/C20H20Cl3NO4/c1-20(2,3)28-19(26)24-16(9-12-7-5-4-6-8-12)18(25)27-17-11-14(22)13(21)10-15(17)23/h4-8,10-11,16H,9H2,1-3H3,(H,24,26)/t16-/m0/s1. The molecule has 2 rings (SSSR count). The third-order valence-corrected chi connectivity index (χ3v) is 4.46. The number of halogens is 3. The van der Waals surface area contributed by atoms with E-state index in [1.807, 2.05) is 30.3 Å². The van der Waals surface area contributed by atoms with Crippen LogP contribution in [0, 0.1) is 0 Å². The predicted octanol–water partition coefficient (Wildman–Crippen LogP) is 5.69. The molecule has 0 saturated carbocycles. The van der Waals surface area contributed by atoms with Gasteiger partial charge in [-0.15, -0.1) is 0 Å². The maximum atomic E-state index is 12.7. The lowest BCUT2D eigenvalue weighted by atomic mass is 10.1. The van der Waals surface area contributed by atoms with Gasteiger partial charge in [-0.05, 0) is 32.4 Å². The summed E-state index contributed by atoms with van der Waals surface area (Å²) in [6, 6.07) is 10.9. The van der Waals surface area contributed by atoms with Crippen molar-refractivity contribution < 1.29 is 19.1 Å². The molecule has 2 aromatic carbocycles. The molecule has 0 aliphatic rings.